The van der Waals surface area contributed by atoms with E-state index in [4.69, 9.17) is 14.2 Å². The van der Waals surface area contributed by atoms with Gasteiger partial charge in [-0.2, -0.15) is 0 Å². The van der Waals surface area contributed by atoms with Gasteiger partial charge in [0.05, 0.1) is 19.3 Å². The molecule has 6 nitrogen and oxygen atoms in total. The smallest absolute Gasteiger partial charge is 0.225 e. The Morgan fingerprint density at radius 1 is 1.17 bits per heavy atom. The number of halogens is 1. The quantitative estimate of drug-likeness (QED) is 0.706. The van der Waals surface area contributed by atoms with Gasteiger partial charge in [-0.05, 0) is 67.6 Å². The molecule has 0 saturated carbocycles. The number of aryl methyl sites for hydroxylation is 1. The van der Waals surface area contributed by atoms with Gasteiger partial charge in [-0.15, -0.1) is 0 Å². The summed E-state index contributed by atoms with van der Waals surface area (Å²) in [5.74, 6) is -1.73. The molecule has 30 heavy (non-hydrogen) atoms. The summed E-state index contributed by atoms with van der Waals surface area (Å²) in [6.07, 6.45) is -4.31. The van der Waals surface area contributed by atoms with Crippen molar-refractivity contribution < 1.29 is 33.9 Å². The Morgan fingerprint density at radius 3 is 2.63 bits per heavy atom. The van der Waals surface area contributed by atoms with Gasteiger partial charge < -0.3 is 29.5 Å². The van der Waals surface area contributed by atoms with Crippen LogP contribution in [0.1, 0.15) is 41.7 Å². The summed E-state index contributed by atoms with van der Waals surface area (Å²) in [5.41, 5.74) is 4.18. The van der Waals surface area contributed by atoms with Crippen LogP contribution in [0.3, 0.4) is 0 Å². The molecular formula is C23H27FO6. The van der Waals surface area contributed by atoms with Gasteiger partial charge in [0.25, 0.3) is 0 Å². The Labute approximate surface area is 174 Å². The SMILES string of the molecule is CCOc1ccc(Cc2cc3c(cc2C)CO[C@]32O[C@H](C)[C@@H](O)[C@H](O)[C@H]2O)cc1F. The van der Waals surface area contributed by atoms with Crippen molar-refractivity contribution in [1.82, 2.24) is 0 Å². The van der Waals surface area contributed by atoms with Gasteiger partial charge in [-0.3, -0.25) is 0 Å². The van der Waals surface area contributed by atoms with Crippen LogP contribution in [0, 0.1) is 12.7 Å². The second-order valence-electron chi connectivity index (χ2n) is 8.02. The van der Waals surface area contributed by atoms with Crippen molar-refractivity contribution in [1.29, 1.82) is 0 Å². The zero-order valence-electron chi connectivity index (χ0n) is 17.3. The van der Waals surface area contributed by atoms with E-state index >= 15 is 0 Å². The summed E-state index contributed by atoms with van der Waals surface area (Å²) >= 11 is 0. The maximum absolute atomic E-state index is 14.3. The molecule has 2 heterocycles. The van der Waals surface area contributed by atoms with Crippen LogP contribution in [-0.2, 0) is 28.3 Å². The first kappa shape index (κ1) is 21.2. The largest absolute Gasteiger partial charge is 0.491 e. The summed E-state index contributed by atoms with van der Waals surface area (Å²) in [7, 11) is 0. The highest BCUT2D eigenvalue weighted by atomic mass is 19.1. The molecule has 1 fully saturated rings. The van der Waals surface area contributed by atoms with E-state index < -0.39 is 36.0 Å². The highest BCUT2D eigenvalue weighted by Crippen LogP contribution is 2.46. The van der Waals surface area contributed by atoms with Crippen molar-refractivity contribution in [2.24, 2.45) is 0 Å². The molecule has 3 N–H and O–H groups in total. The maximum Gasteiger partial charge on any atom is 0.225 e. The zero-order valence-corrected chi connectivity index (χ0v) is 17.3. The van der Waals surface area contributed by atoms with Crippen LogP contribution >= 0.6 is 0 Å². The van der Waals surface area contributed by atoms with Crippen molar-refractivity contribution in [3.8, 4) is 5.75 Å². The first-order valence-electron chi connectivity index (χ1n) is 10.2. The van der Waals surface area contributed by atoms with Crippen molar-refractivity contribution >= 4 is 0 Å². The van der Waals surface area contributed by atoms with Crippen LogP contribution in [0.5, 0.6) is 5.75 Å². The number of benzene rings is 2. The Kier molecular flexibility index (Phi) is 5.59. The average Bonchev–Trinajstić information content (AvgIpc) is 3.05. The van der Waals surface area contributed by atoms with E-state index in [0.717, 1.165) is 22.3 Å². The number of aliphatic hydroxyl groups is 3. The monoisotopic (exact) mass is 418 g/mol. The van der Waals surface area contributed by atoms with Crippen molar-refractivity contribution in [3.05, 3.63) is 64.0 Å². The predicted octanol–water partition coefficient (Wildman–Crippen LogP) is 2.31. The lowest BCUT2D eigenvalue weighted by molar-refractivity contribution is -0.362. The molecule has 0 radical (unpaired) electrons. The number of fused-ring (bicyclic) bond motifs is 2. The van der Waals surface area contributed by atoms with Crippen molar-refractivity contribution in [2.75, 3.05) is 6.61 Å². The molecule has 2 aromatic carbocycles. The van der Waals surface area contributed by atoms with E-state index in [1.165, 1.54) is 6.07 Å². The summed E-state index contributed by atoms with van der Waals surface area (Å²) in [6.45, 7) is 6.01. The van der Waals surface area contributed by atoms with E-state index in [2.05, 4.69) is 0 Å². The molecule has 0 aromatic heterocycles. The first-order chi connectivity index (χ1) is 14.3. The Morgan fingerprint density at radius 2 is 1.93 bits per heavy atom. The van der Waals surface area contributed by atoms with Gasteiger partial charge >= 0.3 is 0 Å². The van der Waals surface area contributed by atoms with Gasteiger partial charge in [0.2, 0.25) is 5.79 Å². The molecule has 5 atom stereocenters. The van der Waals surface area contributed by atoms with Crippen molar-refractivity contribution in [2.45, 2.75) is 64.0 Å². The molecule has 0 bridgehead atoms. The van der Waals surface area contributed by atoms with E-state index in [1.54, 1.807) is 19.9 Å². The standard InChI is InChI=1S/C23H27FO6/c1-4-28-19-6-5-14(9-18(19)24)8-15-10-17-16(7-12(15)2)11-29-23(17)22(27)21(26)20(25)13(3)30-23/h5-7,9-10,13,20-22,25-27H,4,8,11H2,1-3H3/t13-,20-,21+,22-,23+/m1/s1. The second kappa shape index (κ2) is 7.90. The molecule has 162 valence electrons. The minimum Gasteiger partial charge on any atom is -0.491 e. The normalized spacial score (nSPS) is 30.5. The fraction of sp³-hybridized carbons (Fsp3) is 0.478. The summed E-state index contributed by atoms with van der Waals surface area (Å²) < 4.78 is 31.3. The average molecular weight is 418 g/mol. The van der Waals surface area contributed by atoms with Gasteiger partial charge in [-0.25, -0.2) is 4.39 Å². The number of ether oxygens (including phenoxy) is 3. The number of hydrogen-bond donors (Lipinski definition) is 3. The molecule has 0 aliphatic carbocycles. The molecule has 7 heteroatoms. The summed E-state index contributed by atoms with van der Waals surface area (Å²) in [4.78, 5) is 0. The first-order valence-corrected chi connectivity index (χ1v) is 10.2. The van der Waals surface area contributed by atoms with Gasteiger partial charge in [0.1, 0.15) is 18.3 Å². The molecule has 2 aromatic rings. The molecule has 2 aliphatic heterocycles. The van der Waals surface area contributed by atoms with Crippen molar-refractivity contribution in [3.63, 3.8) is 0 Å². The van der Waals surface area contributed by atoms with E-state index in [1.807, 2.05) is 25.1 Å². The Balaban J connectivity index is 1.69. The third kappa shape index (κ3) is 3.40. The van der Waals surface area contributed by atoms with E-state index in [-0.39, 0.29) is 12.4 Å². The number of rotatable bonds is 4. The van der Waals surface area contributed by atoms with Crippen LogP contribution in [0.4, 0.5) is 4.39 Å². The molecule has 2 aliphatic rings. The summed E-state index contributed by atoms with van der Waals surface area (Å²) in [5, 5.41) is 31.1. The maximum atomic E-state index is 14.3. The third-order valence-electron chi connectivity index (χ3n) is 5.97. The highest BCUT2D eigenvalue weighted by molar-refractivity contribution is 5.45. The number of hydrogen-bond acceptors (Lipinski definition) is 6. The minimum absolute atomic E-state index is 0.222. The van der Waals surface area contributed by atoms with Crippen LogP contribution < -0.4 is 4.74 Å². The Bertz CT molecular complexity index is 948. The summed E-state index contributed by atoms with van der Waals surface area (Å²) in [6, 6.07) is 8.74. The highest BCUT2D eigenvalue weighted by Gasteiger charge is 2.57. The van der Waals surface area contributed by atoms with Gasteiger partial charge in [0, 0.05) is 5.56 Å². The lowest BCUT2D eigenvalue weighted by atomic mass is 9.85. The van der Waals surface area contributed by atoms with Crippen LogP contribution in [0.15, 0.2) is 30.3 Å². The van der Waals surface area contributed by atoms with Gasteiger partial charge in [0.15, 0.2) is 11.6 Å². The van der Waals surface area contributed by atoms with Crippen LogP contribution in [0.2, 0.25) is 0 Å². The lowest BCUT2D eigenvalue weighted by Crippen LogP contribution is -2.62. The molecule has 0 amide bonds. The Hall–Kier alpha value is -2.03. The molecule has 4 rings (SSSR count). The van der Waals surface area contributed by atoms with E-state index in [0.29, 0.717) is 18.6 Å². The molecule has 0 unspecified atom stereocenters. The van der Waals surface area contributed by atoms with E-state index in [9.17, 15) is 19.7 Å². The van der Waals surface area contributed by atoms with Crippen LogP contribution in [0.25, 0.3) is 0 Å². The molecular weight excluding hydrogens is 391 g/mol. The zero-order chi connectivity index (χ0) is 21.6. The minimum atomic E-state index is -1.54. The molecule has 1 spiro atoms. The topological polar surface area (TPSA) is 88.4 Å². The second-order valence-corrected chi connectivity index (χ2v) is 8.02. The van der Waals surface area contributed by atoms with Gasteiger partial charge in [-0.1, -0.05) is 12.1 Å². The fourth-order valence-electron chi connectivity index (χ4n) is 4.30. The number of aliphatic hydroxyl groups excluding tert-OH is 3. The fourth-order valence-corrected chi connectivity index (χ4v) is 4.30. The third-order valence-corrected chi connectivity index (χ3v) is 5.97. The molecule has 1 saturated heterocycles. The predicted molar refractivity (Wildman–Crippen MR) is 107 cm³/mol. The lowest BCUT2D eigenvalue weighted by Gasteiger charge is -2.45. The van der Waals surface area contributed by atoms with Crippen LogP contribution in [-0.4, -0.2) is 46.3 Å².